The van der Waals surface area contributed by atoms with Crippen molar-refractivity contribution in [3.63, 3.8) is 0 Å². The largest absolute Gasteiger partial charge is 0.486 e. The van der Waals surface area contributed by atoms with Gasteiger partial charge in [0.2, 0.25) is 0 Å². The van der Waals surface area contributed by atoms with E-state index < -0.39 is 15.7 Å². The third kappa shape index (κ3) is 5.00. The topological polar surface area (TPSA) is 98.5 Å². The molecule has 0 radical (unpaired) electrons. The number of thiazole rings is 1. The summed E-state index contributed by atoms with van der Waals surface area (Å²) in [4.78, 5) is 17.1. The number of sulfone groups is 1. The van der Waals surface area contributed by atoms with Crippen LogP contribution in [0.25, 0.3) is 10.2 Å². The van der Waals surface area contributed by atoms with Crippen LogP contribution in [0.15, 0.2) is 63.9 Å². The molecule has 0 unspecified atom stereocenters. The van der Waals surface area contributed by atoms with Gasteiger partial charge in [-0.3, -0.25) is 10.1 Å². The highest BCUT2D eigenvalue weighted by Gasteiger charge is 2.16. The predicted molar refractivity (Wildman–Crippen MR) is 124 cm³/mol. The highest BCUT2D eigenvalue weighted by atomic mass is 32.2. The predicted octanol–water partition coefficient (Wildman–Crippen LogP) is 5.25. The Hall–Kier alpha value is -3.17. The third-order valence-corrected chi connectivity index (χ3v) is 6.87. The molecule has 0 aliphatic rings. The Morgan fingerprint density at radius 3 is 2.56 bits per heavy atom. The minimum Gasteiger partial charge on any atom is -0.486 e. The Labute approximate surface area is 190 Å². The second kappa shape index (κ2) is 8.76. The normalized spacial score (nSPS) is 11.8. The molecule has 0 saturated heterocycles. The number of ether oxygens (including phenoxy) is 1. The van der Waals surface area contributed by atoms with Crippen molar-refractivity contribution in [2.75, 3.05) is 11.6 Å². The lowest BCUT2D eigenvalue weighted by Crippen LogP contribution is -2.10. The fourth-order valence-corrected chi connectivity index (χ4v) is 4.65. The molecule has 7 nitrogen and oxygen atoms in total. The summed E-state index contributed by atoms with van der Waals surface area (Å²) >= 11 is 1.19. The Morgan fingerprint density at radius 2 is 1.88 bits per heavy atom. The van der Waals surface area contributed by atoms with Crippen LogP contribution in [-0.2, 0) is 16.4 Å². The maximum Gasteiger partial charge on any atom is 0.293 e. The minimum absolute atomic E-state index is 0.134. The number of benzene rings is 2. The van der Waals surface area contributed by atoms with E-state index in [0.29, 0.717) is 27.0 Å². The van der Waals surface area contributed by atoms with E-state index in [4.69, 9.17) is 9.15 Å². The second-order valence-corrected chi connectivity index (χ2v) is 10.7. The van der Waals surface area contributed by atoms with Crippen LogP contribution in [0.5, 0.6) is 5.75 Å². The standard InChI is InChI=1S/C23H22N2O5S2/c1-14(2)15-4-6-16(7-5-15)29-13-17-8-11-20(30-17)22(26)25-23-24-19-10-9-18(32(3,27)28)12-21(19)31-23/h4-12,14H,13H2,1-3H3,(H,24,25,26). The monoisotopic (exact) mass is 470 g/mol. The van der Waals surface area contributed by atoms with Crippen LogP contribution in [0.1, 0.15) is 41.6 Å². The first kappa shape index (κ1) is 22.0. The zero-order valence-electron chi connectivity index (χ0n) is 17.8. The van der Waals surface area contributed by atoms with Gasteiger partial charge in [-0.05, 0) is 53.9 Å². The summed E-state index contributed by atoms with van der Waals surface area (Å²) in [6.07, 6.45) is 1.15. The van der Waals surface area contributed by atoms with Gasteiger partial charge in [0.1, 0.15) is 18.1 Å². The van der Waals surface area contributed by atoms with Gasteiger partial charge in [-0.1, -0.05) is 37.3 Å². The fourth-order valence-electron chi connectivity index (χ4n) is 3.03. The summed E-state index contributed by atoms with van der Waals surface area (Å²) in [5, 5.41) is 3.05. The van der Waals surface area contributed by atoms with Crippen LogP contribution in [0, 0.1) is 0 Å². The Morgan fingerprint density at radius 1 is 1.12 bits per heavy atom. The minimum atomic E-state index is -3.32. The Kier molecular flexibility index (Phi) is 6.03. The maximum atomic E-state index is 12.5. The molecule has 9 heteroatoms. The smallest absolute Gasteiger partial charge is 0.293 e. The molecule has 0 aliphatic heterocycles. The Bertz CT molecular complexity index is 1370. The van der Waals surface area contributed by atoms with Gasteiger partial charge >= 0.3 is 0 Å². The number of fused-ring (bicyclic) bond motifs is 1. The molecular weight excluding hydrogens is 448 g/mol. The van der Waals surface area contributed by atoms with Crippen molar-refractivity contribution >= 4 is 42.4 Å². The van der Waals surface area contributed by atoms with Gasteiger partial charge in [0, 0.05) is 6.26 Å². The van der Waals surface area contributed by atoms with Crippen molar-refractivity contribution in [2.24, 2.45) is 0 Å². The summed E-state index contributed by atoms with van der Waals surface area (Å²) in [5.74, 6) is 1.38. The average Bonchev–Trinajstić information content (AvgIpc) is 3.37. The molecule has 0 atom stereocenters. The number of anilines is 1. The number of furan rings is 1. The van der Waals surface area contributed by atoms with E-state index in [1.54, 1.807) is 24.3 Å². The van der Waals surface area contributed by atoms with Crippen molar-refractivity contribution in [3.8, 4) is 5.75 Å². The van der Waals surface area contributed by atoms with Gasteiger partial charge in [0.05, 0.1) is 15.1 Å². The van der Waals surface area contributed by atoms with Crippen LogP contribution >= 0.6 is 11.3 Å². The molecule has 0 aliphatic carbocycles. The molecule has 32 heavy (non-hydrogen) atoms. The molecule has 0 bridgehead atoms. The second-order valence-electron chi connectivity index (χ2n) is 7.65. The van der Waals surface area contributed by atoms with Gasteiger partial charge in [0.25, 0.3) is 5.91 Å². The van der Waals surface area contributed by atoms with Crippen molar-refractivity contribution in [1.29, 1.82) is 0 Å². The van der Waals surface area contributed by atoms with Crippen molar-refractivity contribution < 1.29 is 22.4 Å². The van der Waals surface area contributed by atoms with Gasteiger partial charge in [-0.25, -0.2) is 13.4 Å². The molecule has 4 aromatic rings. The lowest BCUT2D eigenvalue weighted by Gasteiger charge is -2.07. The quantitative estimate of drug-likeness (QED) is 0.396. The summed E-state index contributed by atoms with van der Waals surface area (Å²) in [5.41, 5.74) is 1.84. The van der Waals surface area contributed by atoms with Crippen LogP contribution in [0.3, 0.4) is 0 Å². The Balaban J connectivity index is 1.40. The molecule has 1 N–H and O–H groups in total. The lowest BCUT2D eigenvalue weighted by atomic mass is 10.0. The van der Waals surface area contributed by atoms with Gasteiger partial charge in [-0.2, -0.15) is 0 Å². The summed E-state index contributed by atoms with van der Waals surface area (Å²) < 4.78 is 35.5. The van der Waals surface area contributed by atoms with Gasteiger partial charge < -0.3 is 9.15 Å². The SMILES string of the molecule is CC(C)c1ccc(OCc2ccc(C(=O)Nc3nc4ccc(S(C)(=O)=O)cc4s3)o2)cc1. The molecule has 0 fully saturated rings. The third-order valence-electron chi connectivity index (χ3n) is 4.82. The first-order chi connectivity index (χ1) is 15.2. The molecule has 0 spiro atoms. The van der Waals surface area contributed by atoms with E-state index in [0.717, 1.165) is 12.0 Å². The fraction of sp³-hybridized carbons (Fsp3) is 0.217. The molecule has 2 aromatic carbocycles. The van der Waals surface area contributed by atoms with Crippen LogP contribution < -0.4 is 10.1 Å². The molecule has 4 rings (SSSR count). The number of hydrogen-bond donors (Lipinski definition) is 1. The number of nitrogens with zero attached hydrogens (tertiary/aromatic N) is 1. The zero-order chi connectivity index (χ0) is 22.9. The van der Waals surface area contributed by atoms with E-state index in [1.165, 1.54) is 23.0 Å². The summed E-state index contributed by atoms with van der Waals surface area (Å²) in [7, 11) is -3.32. The number of hydrogen-bond acceptors (Lipinski definition) is 7. The van der Waals surface area contributed by atoms with E-state index in [1.807, 2.05) is 24.3 Å². The van der Waals surface area contributed by atoms with Crippen molar-refractivity contribution in [1.82, 2.24) is 4.98 Å². The van der Waals surface area contributed by atoms with E-state index in [9.17, 15) is 13.2 Å². The van der Waals surface area contributed by atoms with Crippen molar-refractivity contribution in [2.45, 2.75) is 31.3 Å². The highest BCUT2D eigenvalue weighted by Crippen LogP contribution is 2.28. The van der Waals surface area contributed by atoms with Crippen LogP contribution in [0.4, 0.5) is 5.13 Å². The number of amides is 1. The van der Waals surface area contributed by atoms with Crippen molar-refractivity contribution in [3.05, 3.63) is 71.7 Å². The van der Waals surface area contributed by atoms with Gasteiger partial charge in [-0.15, -0.1) is 0 Å². The summed E-state index contributed by atoms with van der Waals surface area (Å²) in [6, 6.07) is 15.8. The highest BCUT2D eigenvalue weighted by molar-refractivity contribution is 7.90. The van der Waals surface area contributed by atoms with Crippen LogP contribution in [0.2, 0.25) is 0 Å². The molecule has 2 aromatic heterocycles. The molecule has 2 heterocycles. The van der Waals surface area contributed by atoms with E-state index in [-0.39, 0.29) is 17.3 Å². The molecule has 1 amide bonds. The number of aromatic nitrogens is 1. The number of carbonyl (C=O) groups is 1. The summed E-state index contributed by atoms with van der Waals surface area (Å²) in [6.45, 7) is 4.46. The van der Waals surface area contributed by atoms with Crippen LogP contribution in [-0.4, -0.2) is 25.6 Å². The number of nitrogens with one attached hydrogen (secondary N) is 1. The average molecular weight is 471 g/mol. The lowest BCUT2D eigenvalue weighted by molar-refractivity contribution is 0.0992. The molecule has 166 valence electrons. The van der Waals surface area contributed by atoms with E-state index in [2.05, 4.69) is 24.1 Å². The first-order valence-corrected chi connectivity index (χ1v) is 12.6. The van der Waals surface area contributed by atoms with E-state index >= 15 is 0 Å². The number of carbonyl (C=O) groups excluding carboxylic acids is 1. The number of rotatable bonds is 7. The molecular formula is C23H22N2O5S2. The molecule has 0 saturated carbocycles. The maximum absolute atomic E-state index is 12.5. The van der Waals surface area contributed by atoms with Gasteiger partial charge in [0.15, 0.2) is 20.7 Å². The zero-order valence-corrected chi connectivity index (χ0v) is 19.4. The first-order valence-electron chi connectivity index (χ1n) is 9.92.